The van der Waals surface area contributed by atoms with Crippen molar-refractivity contribution in [1.82, 2.24) is 15.1 Å². The monoisotopic (exact) mass is 352 g/mol. The Kier molecular flexibility index (Phi) is 4.69. The predicted molar refractivity (Wildman–Crippen MR) is 80.0 cm³/mol. The molecule has 0 saturated carbocycles. The molecular weight excluding hydrogens is 340 g/mol. The van der Waals surface area contributed by atoms with Crippen LogP contribution in [0.2, 0.25) is 0 Å². The van der Waals surface area contributed by atoms with E-state index in [1.807, 2.05) is 13.2 Å². The number of nitro benzene ring substituents is 1. The van der Waals surface area contributed by atoms with Gasteiger partial charge in [-0.15, -0.1) is 0 Å². The van der Waals surface area contributed by atoms with Crippen molar-refractivity contribution in [1.29, 1.82) is 0 Å². The van der Waals surface area contributed by atoms with Gasteiger partial charge >= 0.3 is 0 Å². The van der Waals surface area contributed by atoms with Crippen molar-refractivity contribution in [3.8, 4) is 0 Å². The molecule has 0 aliphatic rings. The van der Waals surface area contributed by atoms with Crippen LogP contribution in [0, 0.1) is 10.1 Å². The van der Waals surface area contributed by atoms with Crippen LogP contribution in [-0.2, 0) is 13.5 Å². The number of benzene rings is 1. The highest BCUT2D eigenvalue weighted by molar-refractivity contribution is 9.10. The predicted octanol–water partition coefficient (Wildman–Crippen LogP) is 2.06. The topological polar surface area (TPSA) is 90.1 Å². The summed E-state index contributed by atoms with van der Waals surface area (Å²) in [5.74, 6) is -0.352. The minimum atomic E-state index is -0.531. The Morgan fingerprint density at radius 1 is 1.52 bits per heavy atom. The van der Waals surface area contributed by atoms with Gasteiger partial charge in [0.2, 0.25) is 0 Å². The zero-order chi connectivity index (χ0) is 15.4. The number of rotatable bonds is 5. The highest BCUT2D eigenvalue weighted by Gasteiger charge is 2.19. The van der Waals surface area contributed by atoms with Crippen molar-refractivity contribution < 1.29 is 9.72 Å². The van der Waals surface area contributed by atoms with Gasteiger partial charge < -0.3 is 5.32 Å². The first-order chi connectivity index (χ1) is 9.99. The lowest BCUT2D eigenvalue weighted by atomic mass is 10.2. The Labute approximate surface area is 129 Å². The van der Waals surface area contributed by atoms with E-state index < -0.39 is 4.92 Å². The zero-order valence-electron chi connectivity index (χ0n) is 11.2. The summed E-state index contributed by atoms with van der Waals surface area (Å²) in [7, 11) is 1.82. The summed E-state index contributed by atoms with van der Waals surface area (Å²) in [6, 6.07) is 4.37. The summed E-state index contributed by atoms with van der Waals surface area (Å²) in [6.45, 7) is 0.430. The highest BCUT2D eigenvalue weighted by atomic mass is 79.9. The van der Waals surface area contributed by atoms with E-state index in [1.54, 1.807) is 10.9 Å². The van der Waals surface area contributed by atoms with E-state index in [2.05, 4.69) is 26.3 Å². The van der Waals surface area contributed by atoms with Gasteiger partial charge in [-0.3, -0.25) is 19.6 Å². The highest BCUT2D eigenvalue weighted by Crippen LogP contribution is 2.28. The van der Waals surface area contributed by atoms with Crippen LogP contribution in [0.3, 0.4) is 0 Å². The summed E-state index contributed by atoms with van der Waals surface area (Å²) >= 11 is 3.11. The van der Waals surface area contributed by atoms with Crippen LogP contribution < -0.4 is 5.32 Å². The van der Waals surface area contributed by atoms with Crippen molar-refractivity contribution in [3.63, 3.8) is 0 Å². The third kappa shape index (κ3) is 3.66. The number of aryl methyl sites for hydroxylation is 1. The number of amides is 1. The average Bonchev–Trinajstić information content (AvgIpc) is 2.84. The van der Waals surface area contributed by atoms with E-state index in [0.717, 1.165) is 5.56 Å². The van der Waals surface area contributed by atoms with Crippen LogP contribution in [0.5, 0.6) is 0 Å². The van der Waals surface area contributed by atoms with E-state index in [1.165, 1.54) is 18.2 Å². The summed E-state index contributed by atoms with van der Waals surface area (Å²) < 4.78 is 1.88. The van der Waals surface area contributed by atoms with Crippen molar-refractivity contribution in [3.05, 3.63) is 56.3 Å². The molecule has 8 heteroatoms. The van der Waals surface area contributed by atoms with Crippen LogP contribution >= 0.6 is 15.9 Å². The largest absolute Gasteiger partial charge is 0.352 e. The van der Waals surface area contributed by atoms with E-state index in [4.69, 9.17) is 0 Å². The van der Waals surface area contributed by atoms with Gasteiger partial charge in [-0.05, 0) is 34.0 Å². The number of carbonyl (C=O) groups excluding carboxylic acids is 1. The van der Waals surface area contributed by atoms with Crippen LogP contribution in [0.4, 0.5) is 5.69 Å². The minimum absolute atomic E-state index is 0.130. The first-order valence-electron chi connectivity index (χ1n) is 6.17. The number of hydrogen-bond acceptors (Lipinski definition) is 4. The molecule has 110 valence electrons. The molecular formula is C13H13BrN4O3. The summed E-state index contributed by atoms with van der Waals surface area (Å²) in [6.07, 6.45) is 4.25. The molecule has 1 amide bonds. The quantitative estimate of drug-likeness (QED) is 0.658. The Bertz CT molecular complexity index is 684. The number of aromatic nitrogens is 2. The number of hydrogen-bond donors (Lipinski definition) is 1. The lowest BCUT2D eigenvalue weighted by Crippen LogP contribution is -2.26. The molecule has 0 radical (unpaired) electrons. The minimum Gasteiger partial charge on any atom is -0.352 e. The van der Waals surface area contributed by atoms with Gasteiger partial charge in [0.25, 0.3) is 11.6 Å². The molecule has 2 aromatic rings. The molecule has 1 heterocycles. The molecule has 7 nitrogen and oxygen atoms in total. The smallest absolute Gasteiger partial charge is 0.284 e. The molecule has 0 aliphatic heterocycles. The summed E-state index contributed by atoms with van der Waals surface area (Å²) in [4.78, 5) is 22.4. The molecule has 1 aromatic carbocycles. The van der Waals surface area contributed by atoms with Crippen LogP contribution in [0.15, 0.2) is 35.1 Å². The molecule has 0 unspecified atom stereocenters. The Hall–Kier alpha value is -2.22. The summed E-state index contributed by atoms with van der Waals surface area (Å²) in [5, 5.41) is 17.6. The molecule has 0 spiro atoms. The normalized spacial score (nSPS) is 10.4. The van der Waals surface area contributed by atoms with Crippen molar-refractivity contribution in [2.24, 2.45) is 7.05 Å². The van der Waals surface area contributed by atoms with E-state index in [0.29, 0.717) is 13.0 Å². The molecule has 0 aliphatic carbocycles. The number of nitrogens with one attached hydrogen (secondary N) is 1. The third-order valence-electron chi connectivity index (χ3n) is 2.88. The lowest BCUT2D eigenvalue weighted by Gasteiger charge is -2.06. The number of halogens is 1. The van der Waals surface area contributed by atoms with Gasteiger partial charge in [0.1, 0.15) is 4.47 Å². The third-order valence-corrected chi connectivity index (χ3v) is 3.71. The maximum atomic E-state index is 12.1. The standard InChI is InChI=1S/C13H13BrN4O3/c1-17-8-9(7-16-17)5-6-15-13(19)10-3-2-4-11(12(10)14)18(20)21/h2-4,7-8H,5-6H2,1H3,(H,15,19). The van der Waals surface area contributed by atoms with Crippen molar-refractivity contribution >= 4 is 27.5 Å². The molecule has 0 saturated heterocycles. The number of nitro groups is 1. The van der Waals surface area contributed by atoms with E-state index >= 15 is 0 Å². The Morgan fingerprint density at radius 3 is 2.90 bits per heavy atom. The van der Waals surface area contributed by atoms with Crippen molar-refractivity contribution in [2.45, 2.75) is 6.42 Å². The van der Waals surface area contributed by atoms with Gasteiger partial charge in [-0.1, -0.05) is 6.07 Å². The first-order valence-corrected chi connectivity index (χ1v) is 6.97. The fourth-order valence-electron chi connectivity index (χ4n) is 1.85. The van der Waals surface area contributed by atoms with E-state index in [9.17, 15) is 14.9 Å². The maximum absolute atomic E-state index is 12.1. The summed E-state index contributed by atoms with van der Waals surface area (Å²) in [5.41, 5.74) is 1.13. The molecule has 0 bridgehead atoms. The van der Waals surface area contributed by atoms with Gasteiger partial charge in [-0.25, -0.2) is 0 Å². The molecule has 0 atom stereocenters. The van der Waals surface area contributed by atoms with Crippen molar-refractivity contribution in [2.75, 3.05) is 6.54 Å². The van der Waals surface area contributed by atoms with Crippen LogP contribution in [0.1, 0.15) is 15.9 Å². The SMILES string of the molecule is Cn1cc(CCNC(=O)c2cccc([N+](=O)[O-])c2Br)cn1. The van der Waals surface area contributed by atoms with Crippen LogP contribution in [0.25, 0.3) is 0 Å². The molecule has 1 N–H and O–H groups in total. The molecule has 0 fully saturated rings. The fraction of sp³-hybridized carbons (Fsp3) is 0.231. The number of nitrogens with zero attached hydrogens (tertiary/aromatic N) is 3. The van der Waals surface area contributed by atoms with E-state index in [-0.39, 0.29) is 21.6 Å². The second kappa shape index (κ2) is 6.49. The molecule has 21 heavy (non-hydrogen) atoms. The van der Waals surface area contributed by atoms with Crippen LogP contribution in [-0.4, -0.2) is 27.2 Å². The molecule has 2 rings (SSSR count). The fourth-order valence-corrected chi connectivity index (χ4v) is 2.44. The molecule has 1 aromatic heterocycles. The average molecular weight is 353 g/mol. The second-order valence-corrected chi connectivity index (χ2v) is 5.22. The zero-order valence-corrected chi connectivity index (χ0v) is 12.8. The Balaban J connectivity index is 2.00. The number of carbonyl (C=O) groups is 1. The lowest BCUT2D eigenvalue weighted by molar-refractivity contribution is -0.385. The second-order valence-electron chi connectivity index (χ2n) is 4.42. The van der Waals surface area contributed by atoms with Gasteiger partial charge in [0.05, 0.1) is 16.7 Å². The van der Waals surface area contributed by atoms with Gasteiger partial charge in [0, 0.05) is 25.9 Å². The Morgan fingerprint density at radius 2 is 2.29 bits per heavy atom. The van der Waals surface area contributed by atoms with Gasteiger partial charge in [-0.2, -0.15) is 5.10 Å². The maximum Gasteiger partial charge on any atom is 0.284 e. The first kappa shape index (κ1) is 15.2. The van der Waals surface area contributed by atoms with Gasteiger partial charge in [0.15, 0.2) is 0 Å².